The number of hydrogen-bond donors (Lipinski definition) is 0. The molecule has 7 heteroatoms. The van der Waals surface area contributed by atoms with E-state index in [9.17, 15) is 4.39 Å². The predicted octanol–water partition coefficient (Wildman–Crippen LogP) is 2.35. The van der Waals surface area contributed by atoms with E-state index >= 15 is 0 Å². The number of halogens is 1. The number of ether oxygens (including phenoxy) is 1. The molecule has 0 unspecified atom stereocenters. The molecule has 0 amide bonds. The summed E-state index contributed by atoms with van der Waals surface area (Å²) in [5, 5.41) is 16.9. The van der Waals surface area contributed by atoms with E-state index < -0.39 is 0 Å². The Balaban J connectivity index is 1.86. The van der Waals surface area contributed by atoms with Crippen LogP contribution in [0.25, 0.3) is 0 Å². The van der Waals surface area contributed by atoms with Crippen LogP contribution >= 0.6 is 0 Å². The Labute approximate surface area is 133 Å². The number of nitriles is 1. The van der Waals surface area contributed by atoms with E-state index in [1.807, 2.05) is 11.0 Å². The van der Waals surface area contributed by atoms with E-state index in [2.05, 4.69) is 10.2 Å². The lowest BCUT2D eigenvalue weighted by molar-refractivity contribution is 0.107. The Kier molecular flexibility index (Phi) is 4.37. The molecule has 1 aromatic heterocycles. The normalized spacial score (nSPS) is 21.5. The van der Waals surface area contributed by atoms with Gasteiger partial charge in [0, 0.05) is 32.7 Å². The summed E-state index contributed by atoms with van der Waals surface area (Å²) < 4.78 is 25.0. The monoisotopic (exact) mass is 316 g/mol. The minimum atomic E-state index is -0.328. The Morgan fingerprint density at radius 2 is 2.30 bits per heavy atom. The van der Waals surface area contributed by atoms with Gasteiger partial charge in [-0.2, -0.15) is 5.26 Å². The molecule has 1 aromatic carbocycles. The van der Waals surface area contributed by atoms with E-state index in [-0.39, 0.29) is 18.0 Å². The molecule has 0 saturated carbocycles. The van der Waals surface area contributed by atoms with Crippen LogP contribution in [0.15, 0.2) is 22.6 Å². The van der Waals surface area contributed by atoms with Gasteiger partial charge in [0.15, 0.2) is 0 Å². The minimum absolute atomic E-state index is 0.0226. The third kappa shape index (κ3) is 3.23. The number of rotatable bonds is 4. The fraction of sp³-hybridized carbons (Fsp3) is 0.438. The number of aromatic nitrogens is 2. The summed E-state index contributed by atoms with van der Waals surface area (Å²) in [5.74, 6) is 0.683. The fourth-order valence-electron chi connectivity index (χ4n) is 2.89. The van der Waals surface area contributed by atoms with Gasteiger partial charge in [0.05, 0.1) is 23.8 Å². The maximum absolute atomic E-state index is 14.1. The van der Waals surface area contributed by atoms with E-state index in [1.54, 1.807) is 20.1 Å². The zero-order valence-electron chi connectivity index (χ0n) is 13.0. The molecule has 23 heavy (non-hydrogen) atoms. The smallest absolute Gasteiger partial charge is 0.233 e. The third-order valence-corrected chi connectivity index (χ3v) is 4.07. The van der Waals surface area contributed by atoms with E-state index in [1.165, 1.54) is 12.1 Å². The summed E-state index contributed by atoms with van der Waals surface area (Å²) in [6, 6.07) is 6.29. The average Bonchev–Trinajstić information content (AvgIpc) is 3.15. The number of likely N-dealkylation sites (tertiary alicyclic amines) is 1. The first kappa shape index (κ1) is 15.6. The lowest BCUT2D eigenvalue weighted by Crippen LogP contribution is -2.25. The third-order valence-electron chi connectivity index (χ3n) is 4.07. The lowest BCUT2D eigenvalue weighted by Gasteiger charge is -2.21. The van der Waals surface area contributed by atoms with Crippen molar-refractivity contribution in [2.45, 2.75) is 32.0 Å². The number of aryl methyl sites for hydroxylation is 1. The second-order valence-electron chi connectivity index (χ2n) is 5.62. The van der Waals surface area contributed by atoms with Gasteiger partial charge in [-0.05, 0) is 24.6 Å². The van der Waals surface area contributed by atoms with Crippen LogP contribution in [-0.4, -0.2) is 34.9 Å². The molecule has 0 spiro atoms. The minimum Gasteiger partial charge on any atom is -0.424 e. The Hall–Kier alpha value is -2.30. The first-order chi connectivity index (χ1) is 11.1. The molecule has 3 rings (SSSR count). The van der Waals surface area contributed by atoms with Crippen LogP contribution in [0.2, 0.25) is 0 Å². The summed E-state index contributed by atoms with van der Waals surface area (Å²) in [6.45, 7) is 2.73. The summed E-state index contributed by atoms with van der Waals surface area (Å²) in [5.41, 5.74) is 0.913. The van der Waals surface area contributed by atoms with Gasteiger partial charge in [-0.25, -0.2) is 4.39 Å². The van der Waals surface area contributed by atoms with Crippen molar-refractivity contribution >= 4 is 0 Å². The molecular formula is C16H17FN4O2. The molecule has 6 nitrogen and oxygen atoms in total. The van der Waals surface area contributed by atoms with Crippen molar-refractivity contribution in [3.63, 3.8) is 0 Å². The van der Waals surface area contributed by atoms with Crippen molar-refractivity contribution in [1.29, 1.82) is 5.26 Å². The molecule has 0 aliphatic carbocycles. The fourth-order valence-corrected chi connectivity index (χ4v) is 2.89. The molecule has 2 aromatic rings. The Morgan fingerprint density at radius 3 is 2.96 bits per heavy atom. The molecule has 1 aliphatic heterocycles. The van der Waals surface area contributed by atoms with Crippen molar-refractivity contribution < 1.29 is 13.5 Å². The number of hydrogen-bond acceptors (Lipinski definition) is 6. The first-order valence-corrected chi connectivity index (χ1v) is 7.36. The zero-order chi connectivity index (χ0) is 16.4. The van der Waals surface area contributed by atoms with Gasteiger partial charge in [0.25, 0.3) is 0 Å². The Morgan fingerprint density at radius 1 is 1.48 bits per heavy atom. The molecule has 0 N–H and O–H groups in total. The SMILES string of the molecule is CO[C@H]1C[C@H](c2nnc(C)o2)N(Cc2cc(C#N)ccc2F)C1. The van der Waals surface area contributed by atoms with Crippen LogP contribution < -0.4 is 0 Å². The van der Waals surface area contributed by atoms with Gasteiger partial charge in [-0.1, -0.05) is 0 Å². The number of benzene rings is 1. The summed E-state index contributed by atoms with van der Waals surface area (Å²) in [6.07, 6.45) is 0.729. The van der Waals surface area contributed by atoms with Crippen LogP contribution in [0, 0.1) is 24.1 Å². The van der Waals surface area contributed by atoms with Gasteiger partial charge in [-0.3, -0.25) is 4.90 Å². The van der Waals surface area contributed by atoms with Crippen molar-refractivity contribution in [2.75, 3.05) is 13.7 Å². The zero-order valence-corrected chi connectivity index (χ0v) is 13.0. The van der Waals surface area contributed by atoms with Crippen LogP contribution in [0.1, 0.15) is 35.4 Å². The van der Waals surface area contributed by atoms with Crippen LogP contribution in [0.3, 0.4) is 0 Å². The van der Waals surface area contributed by atoms with E-state index in [0.29, 0.717) is 42.4 Å². The highest BCUT2D eigenvalue weighted by atomic mass is 19.1. The standard InChI is InChI=1S/C16H17FN4O2/c1-10-19-20-16(23-10)15-6-13(22-2)9-21(15)8-12-5-11(7-18)3-4-14(12)17/h3-5,13,15H,6,8-9H2,1-2H3/t13-,15+/m0/s1. The highest BCUT2D eigenvalue weighted by Gasteiger charge is 2.36. The van der Waals surface area contributed by atoms with E-state index in [4.69, 9.17) is 14.4 Å². The van der Waals surface area contributed by atoms with Crippen molar-refractivity contribution in [1.82, 2.24) is 15.1 Å². The molecule has 0 bridgehead atoms. The molecule has 120 valence electrons. The van der Waals surface area contributed by atoms with Gasteiger partial charge in [-0.15, -0.1) is 10.2 Å². The lowest BCUT2D eigenvalue weighted by atomic mass is 10.1. The highest BCUT2D eigenvalue weighted by Crippen LogP contribution is 2.34. The molecule has 2 heterocycles. The quantitative estimate of drug-likeness (QED) is 0.862. The van der Waals surface area contributed by atoms with Gasteiger partial charge >= 0.3 is 0 Å². The summed E-state index contributed by atoms with van der Waals surface area (Å²) in [7, 11) is 1.65. The van der Waals surface area contributed by atoms with Crippen molar-refractivity contribution in [3.05, 3.63) is 46.9 Å². The Bertz CT molecular complexity index is 740. The highest BCUT2D eigenvalue weighted by molar-refractivity contribution is 5.33. The molecule has 1 fully saturated rings. The van der Waals surface area contributed by atoms with E-state index in [0.717, 1.165) is 0 Å². The second kappa shape index (κ2) is 6.44. The molecule has 0 radical (unpaired) electrons. The maximum atomic E-state index is 14.1. The maximum Gasteiger partial charge on any atom is 0.233 e. The second-order valence-corrected chi connectivity index (χ2v) is 5.62. The van der Waals surface area contributed by atoms with Crippen LogP contribution in [-0.2, 0) is 11.3 Å². The number of nitrogens with zero attached hydrogens (tertiary/aromatic N) is 4. The van der Waals surface area contributed by atoms with Gasteiger partial charge in [0.2, 0.25) is 11.8 Å². The molecular weight excluding hydrogens is 299 g/mol. The summed E-state index contributed by atoms with van der Waals surface area (Å²) >= 11 is 0. The largest absolute Gasteiger partial charge is 0.424 e. The first-order valence-electron chi connectivity index (χ1n) is 7.36. The average molecular weight is 316 g/mol. The topological polar surface area (TPSA) is 75.2 Å². The van der Waals surface area contributed by atoms with Gasteiger partial charge < -0.3 is 9.15 Å². The number of methoxy groups -OCH3 is 1. The predicted molar refractivity (Wildman–Crippen MR) is 78.7 cm³/mol. The van der Waals surface area contributed by atoms with Crippen molar-refractivity contribution in [3.8, 4) is 6.07 Å². The van der Waals surface area contributed by atoms with Gasteiger partial charge in [0.1, 0.15) is 5.82 Å². The van der Waals surface area contributed by atoms with Crippen LogP contribution in [0.4, 0.5) is 4.39 Å². The van der Waals surface area contributed by atoms with Crippen molar-refractivity contribution in [2.24, 2.45) is 0 Å². The summed E-state index contributed by atoms with van der Waals surface area (Å²) in [4.78, 5) is 2.04. The molecule has 1 saturated heterocycles. The molecule has 1 aliphatic rings. The van der Waals surface area contributed by atoms with Crippen LogP contribution in [0.5, 0.6) is 0 Å². The molecule has 2 atom stereocenters.